The van der Waals surface area contributed by atoms with Crippen LogP contribution in [0.5, 0.6) is 11.6 Å². The zero-order valence-electron chi connectivity index (χ0n) is 15.8. The van der Waals surface area contributed by atoms with Crippen molar-refractivity contribution >= 4 is 34.0 Å². The van der Waals surface area contributed by atoms with Gasteiger partial charge in [0.1, 0.15) is 10.6 Å². The highest BCUT2D eigenvalue weighted by Gasteiger charge is 2.46. The minimum absolute atomic E-state index is 0.0762. The molecule has 0 radical (unpaired) electrons. The fourth-order valence-electron chi connectivity index (χ4n) is 3.18. The number of nitrogens with one attached hydrogen (secondary N) is 2. The molecule has 2 aromatic heterocycles. The number of aromatic hydroxyl groups is 1. The second-order valence-electron chi connectivity index (χ2n) is 6.76. The van der Waals surface area contributed by atoms with E-state index in [0.717, 1.165) is 6.07 Å². The summed E-state index contributed by atoms with van der Waals surface area (Å²) in [7, 11) is 1.48. The Morgan fingerprint density at radius 2 is 2.03 bits per heavy atom. The summed E-state index contributed by atoms with van der Waals surface area (Å²) in [5.41, 5.74) is -1.78. The van der Waals surface area contributed by atoms with Crippen molar-refractivity contribution in [1.29, 1.82) is 0 Å². The highest BCUT2D eigenvalue weighted by Crippen LogP contribution is 2.35. The Balaban J connectivity index is 1.73. The average Bonchev–Trinajstić information content (AvgIpc) is 3.38. The van der Waals surface area contributed by atoms with E-state index in [1.165, 1.54) is 17.7 Å². The summed E-state index contributed by atoms with van der Waals surface area (Å²) in [4.78, 5) is 23.6. The number of aromatic nitrogens is 1. The van der Waals surface area contributed by atoms with Gasteiger partial charge < -0.3 is 19.7 Å². The third-order valence-electron chi connectivity index (χ3n) is 4.70. The molecule has 0 spiro atoms. The molecule has 7 nitrogen and oxygen atoms in total. The summed E-state index contributed by atoms with van der Waals surface area (Å²) in [6.45, 7) is -0.266. The number of rotatable bonds is 3. The Labute approximate surface area is 177 Å². The van der Waals surface area contributed by atoms with Gasteiger partial charge in [-0.15, -0.1) is 11.3 Å². The first kappa shape index (κ1) is 20.6. The van der Waals surface area contributed by atoms with Gasteiger partial charge in [-0.2, -0.15) is 13.2 Å². The number of methoxy groups -OCH3 is 1. The fourth-order valence-corrected chi connectivity index (χ4v) is 3.91. The number of alkyl halides is 3. The standard InChI is InChI=1S/C20H14F3N3O4S/c1-30-12-3-2-11-9-26(16(27)14(11)8-12)10-19(17(28)24-18(29)25-19)7-6-13-4-5-15(31-13)20(21,22)23/h2-5,8-9,27H,10H2,1H3,(H2,24,25,28,29)/t19-/m1/s1. The molecule has 1 aromatic carbocycles. The molecule has 1 aliphatic rings. The maximum atomic E-state index is 12.8. The molecule has 3 aromatic rings. The van der Waals surface area contributed by atoms with Crippen molar-refractivity contribution in [3.63, 3.8) is 0 Å². The Kier molecular flexibility index (Phi) is 4.82. The molecule has 1 saturated heterocycles. The highest BCUT2D eigenvalue weighted by molar-refractivity contribution is 7.12. The topological polar surface area (TPSA) is 92.6 Å². The molecule has 11 heteroatoms. The lowest BCUT2D eigenvalue weighted by Gasteiger charge is -2.20. The number of carbonyl (C=O) groups is 2. The Bertz CT molecular complexity index is 1270. The fraction of sp³-hybridized carbons (Fsp3) is 0.200. The number of hydrogen-bond donors (Lipinski definition) is 3. The first-order valence-corrected chi connectivity index (χ1v) is 9.62. The average molecular weight is 449 g/mol. The van der Waals surface area contributed by atoms with Gasteiger partial charge in [-0.1, -0.05) is 11.8 Å². The molecular weight excluding hydrogens is 435 g/mol. The molecule has 1 fully saturated rings. The first-order chi connectivity index (χ1) is 14.6. The summed E-state index contributed by atoms with van der Waals surface area (Å²) in [5.74, 6) is 4.69. The lowest BCUT2D eigenvalue weighted by molar-refractivity contribution is -0.134. The van der Waals surface area contributed by atoms with Gasteiger partial charge in [-0.3, -0.25) is 10.1 Å². The number of thiophene rings is 1. The molecule has 3 amide bonds. The van der Waals surface area contributed by atoms with E-state index >= 15 is 0 Å². The van der Waals surface area contributed by atoms with Crippen molar-refractivity contribution in [2.75, 3.05) is 7.11 Å². The molecule has 0 unspecified atom stereocenters. The van der Waals surface area contributed by atoms with E-state index in [2.05, 4.69) is 22.5 Å². The van der Waals surface area contributed by atoms with Crippen molar-refractivity contribution in [3.05, 3.63) is 46.3 Å². The largest absolute Gasteiger partial charge is 0.497 e. The second kappa shape index (κ2) is 7.24. The van der Waals surface area contributed by atoms with Crippen LogP contribution in [0.15, 0.2) is 36.5 Å². The molecule has 1 aliphatic heterocycles. The van der Waals surface area contributed by atoms with Gasteiger partial charge in [0.2, 0.25) is 5.54 Å². The lowest BCUT2D eigenvalue weighted by Crippen LogP contribution is -2.49. The summed E-state index contributed by atoms with van der Waals surface area (Å²) >= 11 is 0.428. The van der Waals surface area contributed by atoms with E-state index < -0.39 is 28.5 Å². The number of hydrogen-bond acceptors (Lipinski definition) is 5. The van der Waals surface area contributed by atoms with E-state index in [1.54, 1.807) is 24.4 Å². The van der Waals surface area contributed by atoms with Gasteiger partial charge in [-0.25, -0.2) is 4.79 Å². The van der Waals surface area contributed by atoms with Gasteiger partial charge in [-0.05, 0) is 30.3 Å². The minimum atomic E-state index is -4.50. The summed E-state index contributed by atoms with van der Waals surface area (Å²) in [5, 5.41) is 16.2. The summed E-state index contributed by atoms with van der Waals surface area (Å²) in [6, 6.07) is 6.31. The molecule has 0 aliphatic carbocycles. The number of benzene rings is 1. The van der Waals surface area contributed by atoms with Crippen LogP contribution in [0.1, 0.15) is 9.75 Å². The first-order valence-electron chi connectivity index (χ1n) is 8.81. The zero-order valence-corrected chi connectivity index (χ0v) is 16.6. The predicted octanol–water partition coefficient (Wildman–Crippen LogP) is 3.07. The van der Waals surface area contributed by atoms with Crippen LogP contribution in [0, 0.1) is 11.8 Å². The van der Waals surface area contributed by atoms with Crippen LogP contribution in [0.25, 0.3) is 10.8 Å². The van der Waals surface area contributed by atoms with Crippen LogP contribution in [0.4, 0.5) is 18.0 Å². The van der Waals surface area contributed by atoms with E-state index in [-0.39, 0.29) is 17.3 Å². The van der Waals surface area contributed by atoms with Crippen molar-refractivity contribution in [1.82, 2.24) is 15.2 Å². The molecule has 0 bridgehead atoms. The molecular formula is C20H14F3N3O4S. The van der Waals surface area contributed by atoms with Gasteiger partial charge in [0.25, 0.3) is 5.91 Å². The van der Waals surface area contributed by atoms with Crippen LogP contribution < -0.4 is 15.4 Å². The molecule has 3 heterocycles. The number of imide groups is 1. The Hall–Kier alpha value is -3.65. The monoisotopic (exact) mass is 449 g/mol. The van der Waals surface area contributed by atoms with E-state index in [4.69, 9.17) is 4.74 Å². The van der Waals surface area contributed by atoms with E-state index in [9.17, 15) is 27.9 Å². The van der Waals surface area contributed by atoms with Crippen LogP contribution >= 0.6 is 11.3 Å². The van der Waals surface area contributed by atoms with Gasteiger partial charge in [0, 0.05) is 17.0 Å². The number of halogens is 3. The van der Waals surface area contributed by atoms with Crippen LogP contribution in [-0.4, -0.2) is 34.3 Å². The van der Waals surface area contributed by atoms with Crippen molar-refractivity contribution in [2.24, 2.45) is 0 Å². The number of amides is 3. The summed E-state index contributed by atoms with van der Waals surface area (Å²) < 4.78 is 44.9. The maximum Gasteiger partial charge on any atom is 0.425 e. The third kappa shape index (κ3) is 3.77. The Morgan fingerprint density at radius 3 is 2.65 bits per heavy atom. The molecule has 0 saturated carbocycles. The number of ether oxygens (including phenoxy) is 1. The molecule has 1 atom stereocenters. The van der Waals surface area contributed by atoms with Gasteiger partial charge >= 0.3 is 12.2 Å². The van der Waals surface area contributed by atoms with E-state index in [1.807, 2.05) is 0 Å². The summed E-state index contributed by atoms with van der Waals surface area (Å²) in [6.07, 6.45) is -2.93. The van der Waals surface area contributed by atoms with E-state index in [0.29, 0.717) is 27.9 Å². The minimum Gasteiger partial charge on any atom is -0.497 e. The predicted molar refractivity (Wildman–Crippen MR) is 106 cm³/mol. The van der Waals surface area contributed by atoms with Crippen molar-refractivity contribution in [2.45, 2.75) is 18.3 Å². The molecule has 4 rings (SSSR count). The van der Waals surface area contributed by atoms with Gasteiger partial charge in [0.15, 0.2) is 5.88 Å². The number of urea groups is 1. The van der Waals surface area contributed by atoms with Crippen molar-refractivity contribution in [3.8, 4) is 23.5 Å². The molecule has 31 heavy (non-hydrogen) atoms. The Morgan fingerprint density at radius 1 is 1.26 bits per heavy atom. The highest BCUT2D eigenvalue weighted by atomic mass is 32.1. The maximum absolute atomic E-state index is 12.8. The van der Waals surface area contributed by atoms with Crippen molar-refractivity contribution < 1.29 is 32.6 Å². The van der Waals surface area contributed by atoms with Gasteiger partial charge in [0.05, 0.1) is 18.5 Å². The third-order valence-corrected chi connectivity index (χ3v) is 5.75. The van der Waals surface area contributed by atoms with Crippen LogP contribution in [-0.2, 0) is 17.5 Å². The number of carbonyl (C=O) groups excluding carboxylic acids is 2. The number of nitrogens with zero attached hydrogens (tertiary/aromatic N) is 1. The zero-order chi connectivity index (χ0) is 22.4. The van der Waals surface area contributed by atoms with Crippen LogP contribution in [0.2, 0.25) is 0 Å². The SMILES string of the molecule is COc1ccc2cn(C[C@@]3(C#Cc4ccc(C(F)(F)F)s4)NC(=O)NC3=O)c(O)c2c1. The normalized spacial score (nSPS) is 18.5. The second-order valence-corrected chi connectivity index (χ2v) is 7.84. The quantitative estimate of drug-likeness (QED) is 0.423. The van der Waals surface area contributed by atoms with Crippen LogP contribution in [0.3, 0.4) is 0 Å². The smallest absolute Gasteiger partial charge is 0.425 e. The molecule has 160 valence electrons. The number of fused-ring (bicyclic) bond motifs is 1. The molecule has 3 N–H and O–H groups in total. The lowest BCUT2D eigenvalue weighted by atomic mass is 10.0.